The van der Waals surface area contributed by atoms with Crippen molar-refractivity contribution in [2.24, 2.45) is 0 Å². The molecule has 44 heavy (non-hydrogen) atoms. The van der Waals surface area contributed by atoms with Crippen LogP contribution in [0.1, 0.15) is 25.2 Å². The molecule has 2 aromatic heterocycles. The van der Waals surface area contributed by atoms with Crippen molar-refractivity contribution in [3.05, 3.63) is 83.1 Å². The summed E-state index contributed by atoms with van der Waals surface area (Å²) in [5, 5.41) is 26.1. The van der Waals surface area contributed by atoms with Gasteiger partial charge in [-0.25, -0.2) is 0 Å². The van der Waals surface area contributed by atoms with Crippen LogP contribution in [0.15, 0.2) is 76.5 Å². The van der Waals surface area contributed by atoms with Crippen molar-refractivity contribution >= 4 is 80.3 Å². The van der Waals surface area contributed by atoms with Crippen LogP contribution < -0.4 is 10.6 Å². The zero-order valence-corrected chi connectivity index (χ0v) is 26.0. The van der Waals surface area contributed by atoms with E-state index in [0.717, 1.165) is 43.0 Å². The van der Waals surface area contributed by atoms with E-state index in [1.54, 1.807) is 21.3 Å². The molecule has 0 unspecified atom stereocenters. The van der Waals surface area contributed by atoms with Crippen LogP contribution in [0.2, 0.25) is 5.02 Å². The molecule has 0 bridgehead atoms. The molecule has 0 aliphatic carbocycles. The van der Waals surface area contributed by atoms with Crippen LogP contribution >= 0.6 is 23.4 Å². The molecule has 12 heteroatoms. The number of carboxylic acids is 2. The quantitative estimate of drug-likeness (QED) is 0.147. The summed E-state index contributed by atoms with van der Waals surface area (Å²) in [6.45, 7) is 6.40. The first-order chi connectivity index (χ1) is 20.8. The summed E-state index contributed by atoms with van der Waals surface area (Å²) in [5.41, 5.74) is 4.63. The lowest BCUT2D eigenvalue weighted by Crippen LogP contribution is -2.10. The maximum Gasteiger partial charge on any atom is 0.323 e. The molecule has 2 heterocycles. The molecule has 0 saturated carbocycles. The van der Waals surface area contributed by atoms with Crippen LogP contribution in [0.25, 0.3) is 21.8 Å². The van der Waals surface area contributed by atoms with Crippen molar-refractivity contribution in [1.82, 2.24) is 9.13 Å². The lowest BCUT2D eigenvalue weighted by molar-refractivity contribution is -0.138. The first-order valence-corrected chi connectivity index (χ1v) is 14.7. The number of aryl methyl sites for hydroxylation is 1. The predicted molar refractivity (Wildman–Crippen MR) is 173 cm³/mol. The van der Waals surface area contributed by atoms with E-state index in [1.807, 2.05) is 68.4 Å². The minimum atomic E-state index is -0.919. The Morgan fingerprint density at radius 2 is 1.32 bits per heavy atom. The number of anilines is 2. The number of carbonyl (C=O) groups excluding carboxylic acids is 2. The second-order valence-electron chi connectivity index (χ2n) is 10.0. The lowest BCUT2D eigenvalue weighted by atomic mass is 10.2. The first-order valence-electron chi connectivity index (χ1n) is 13.5. The van der Waals surface area contributed by atoms with Gasteiger partial charge in [-0.3, -0.25) is 19.2 Å². The van der Waals surface area contributed by atoms with Gasteiger partial charge in [0, 0.05) is 50.8 Å². The van der Waals surface area contributed by atoms with Gasteiger partial charge in [-0.2, -0.15) is 0 Å². The van der Waals surface area contributed by atoms with E-state index < -0.39 is 11.9 Å². The van der Waals surface area contributed by atoms with E-state index in [1.165, 1.54) is 25.6 Å². The van der Waals surface area contributed by atoms with E-state index in [2.05, 4.69) is 10.6 Å². The largest absolute Gasteiger partial charge is 0.480 e. The summed E-state index contributed by atoms with van der Waals surface area (Å²) >= 11 is 7.48. The molecule has 0 atom stereocenters. The fourth-order valence-electron chi connectivity index (χ4n) is 4.93. The van der Waals surface area contributed by atoms with Gasteiger partial charge in [0.15, 0.2) is 0 Å². The highest BCUT2D eigenvalue weighted by Crippen LogP contribution is 2.42. The van der Waals surface area contributed by atoms with Crippen molar-refractivity contribution in [2.75, 3.05) is 10.6 Å². The Labute approximate surface area is 262 Å². The average Bonchev–Trinajstić information content (AvgIpc) is 3.39. The molecule has 10 nitrogen and oxygen atoms in total. The van der Waals surface area contributed by atoms with Gasteiger partial charge in [0.1, 0.15) is 13.1 Å². The normalized spacial score (nSPS) is 10.8. The van der Waals surface area contributed by atoms with Gasteiger partial charge >= 0.3 is 11.9 Å². The fourth-order valence-corrected chi connectivity index (χ4v) is 6.14. The highest BCUT2D eigenvalue weighted by molar-refractivity contribution is 7.99. The number of halogens is 1. The summed E-state index contributed by atoms with van der Waals surface area (Å²) in [7, 11) is 0. The number of hydrogen-bond acceptors (Lipinski definition) is 5. The van der Waals surface area contributed by atoms with E-state index in [4.69, 9.17) is 16.7 Å². The number of amides is 2. The van der Waals surface area contributed by atoms with Gasteiger partial charge < -0.3 is 30.0 Å². The van der Waals surface area contributed by atoms with Crippen LogP contribution in [-0.2, 0) is 32.3 Å². The molecular weight excluding hydrogens is 604 g/mol. The van der Waals surface area contributed by atoms with Crippen molar-refractivity contribution in [1.29, 1.82) is 0 Å². The Balaban J connectivity index is 0.000000215. The molecule has 0 aliphatic heterocycles. The van der Waals surface area contributed by atoms with Crippen molar-refractivity contribution in [2.45, 2.75) is 50.6 Å². The van der Waals surface area contributed by atoms with E-state index in [0.29, 0.717) is 16.4 Å². The monoisotopic (exact) mass is 634 g/mol. The maximum absolute atomic E-state index is 11.6. The predicted octanol–water partition coefficient (Wildman–Crippen LogP) is 6.79. The smallest absolute Gasteiger partial charge is 0.323 e. The van der Waals surface area contributed by atoms with Gasteiger partial charge in [-0.05, 0) is 68.4 Å². The van der Waals surface area contributed by atoms with Crippen molar-refractivity contribution in [3.63, 3.8) is 0 Å². The molecule has 2 amide bonds. The summed E-state index contributed by atoms with van der Waals surface area (Å²) in [4.78, 5) is 46.8. The summed E-state index contributed by atoms with van der Waals surface area (Å²) in [5.74, 6) is -2.13. The number of aliphatic carboxylic acids is 2. The molecule has 4 N–H and O–H groups in total. The molecule has 3 aromatic carbocycles. The van der Waals surface area contributed by atoms with Crippen molar-refractivity contribution in [3.8, 4) is 0 Å². The van der Waals surface area contributed by atoms with Crippen LogP contribution in [0.4, 0.5) is 11.4 Å². The lowest BCUT2D eigenvalue weighted by Gasteiger charge is -2.07. The summed E-state index contributed by atoms with van der Waals surface area (Å²) in [6, 6.07) is 20.3. The highest BCUT2D eigenvalue weighted by Gasteiger charge is 2.20. The topological polar surface area (TPSA) is 143 Å². The Hall–Kier alpha value is -4.74. The first kappa shape index (κ1) is 32.2. The number of carboxylic acid groups (broad SMARTS) is 2. The summed E-state index contributed by atoms with van der Waals surface area (Å²) in [6.07, 6.45) is 0. The van der Waals surface area contributed by atoms with Gasteiger partial charge in [0.25, 0.3) is 0 Å². The van der Waals surface area contributed by atoms with Crippen LogP contribution in [0.5, 0.6) is 0 Å². The van der Waals surface area contributed by atoms with Gasteiger partial charge in [0.2, 0.25) is 11.8 Å². The molecule has 5 rings (SSSR count). The van der Waals surface area contributed by atoms with E-state index in [9.17, 15) is 24.3 Å². The number of aromatic nitrogens is 2. The third-order valence-corrected chi connectivity index (χ3v) is 8.15. The summed E-state index contributed by atoms with van der Waals surface area (Å²) < 4.78 is 3.46. The Morgan fingerprint density at radius 1 is 0.773 bits per heavy atom. The molecule has 228 valence electrons. The minimum absolute atomic E-state index is 0.0845. The number of rotatable bonds is 8. The third-order valence-electron chi connectivity index (χ3n) is 6.69. The van der Waals surface area contributed by atoms with Gasteiger partial charge in [-0.15, -0.1) is 0 Å². The van der Waals surface area contributed by atoms with E-state index in [-0.39, 0.29) is 24.9 Å². The zero-order chi connectivity index (χ0) is 32.1. The Morgan fingerprint density at radius 3 is 1.91 bits per heavy atom. The third kappa shape index (κ3) is 7.42. The highest BCUT2D eigenvalue weighted by atomic mass is 35.5. The van der Waals surface area contributed by atoms with Gasteiger partial charge in [-0.1, -0.05) is 35.5 Å². The number of nitrogens with one attached hydrogen (secondary N) is 2. The molecular formula is C32H31ClN4O6S. The molecule has 0 spiro atoms. The number of carbonyl (C=O) groups is 4. The van der Waals surface area contributed by atoms with Crippen molar-refractivity contribution < 1.29 is 29.4 Å². The van der Waals surface area contributed by atoms with E-state index >= 15 is 0 Å². The Bertz CT molecular complexity index is 1890. The SMILES string of the molecule is CC(=O)Nc1cccc2c1c(Sc1ccc(Cl)cc1)c(C)n2CC(=O)O.CC(=O)Nc1cccc2c1cc(C)n2CC(=O)O. The van der Waals surface area contributed by atoms with Gasteiger partial charge in [0.05, 0.1) is 22.4 Å². The molecule has 0 saturated heterocycles. The number of nitrogens with zero attached hydrogens (tertiary/aromatic N) is 2. The maximum atomic E-state index is 11.6. The Kier molecular flexibility index (Phi) is 10.0. The number of fused-ring (bicyclic) bond motifs is 2. The van der Waals surface area contributed by atoms with Crippen LogP contribution in [0, 0.1) is 13.8 Å². The minimum Gasteiger partial charge on any atom is -0.480 e. The average molecular weight is 635 g/mol. The second kappa shape index (κ2) is 13.7. The standard InChI is InChI=1S/C19H17ClN2O3S.C13H14N2O3/c1-11-19(26-14-8-6-13(20)7-9-14)18-15(21-12(2)23)4-3-5-16(18)22(11)10-17(24)25;1-8-6-10-11(14-9(2)16)4-3-5-12(10)15(8)7-13(17)18/h3-9H,10H2,1-2H3,(H,21,23)(H,24,25);3-6H,7H2,1-2H3,(H,14,16)(H,17,18). The zero-order valence-electron chi connectivity index (χ0n) is 24.5. The van der Waals surface area contributed by atoms with Crippen LogP contribution in [-0.4, -0.2) is 43.1 Å². The second-order valence-corrected chi connectivity index (χ2v) is 11.5. The van der Waals surface area contributed by atoms with Crippen LogP contribution in [0.3, 0.4) is 0 Å². The molecule has 0 aliphatic rings. The fraction of sp³-hybridized carbons (Fsp3) is 0.188. The molecule has 0 radical (unpaired) electrons. The molecule has 0 fully saturated rings. The number of hydrogen-bond donors (Lipinski definition) is 4. The number of benzene rings is 3. The molecule has 5 aromatic rings.